The van der Waals surface area contributed by atoms with Gasteiger partial charge in [-0.3, -0.25) is 4.79 Å². The summed E-state index contributed by atoms with van der Waals surface area (Å²) in [5.41, 5.74) is 2.66. The summed E-state index contributed by atoms with van der Waals surface area (Å²) < 4.78 is 0. The van der Waals surface area contributed by atoms with Crippen molar-refractivity contribution in [1.29, 1.82) is 0 Å². The Morgan fingerprint density at radius 2 is 1.90 bits per heavy atom. The fourth-order valence-electron chi connectivity index (χ4n) is 3.50. The van der Waals surface area contributed by atoms with Gasteiger partial charge in [0.2, 0.25) is 5.91 Å². The molecule has 1 N–H and O–H groups in total. The van der Waals surface area contributed by atoms with Crippen molar-refractivity contribution in [3.05, 3.63) is 35.4 Å². The summed E-state index contributed by atoms with van der Waals surface area (Å²) in [4.78, 5) is 12.0. The molecule has 1 aliphatic rings. The summed E-state index contributed by atoms with van der Waals surface area (Å²) in [5, 5.41) is 3.22. The molecule has 1 aliphatic heterocycles. The predicted molar refractivity (Wildman–Crippen MR) is 83.8 cm³/mol. The topological polar surface area (TPSA) is 29.1 Å². The highest BCUT2D eigenvalue weighted by molar-refractivity contribution is 5.81. The van der Waals surface area contributed by atoms with Crippen LogP contribution in [-0.4, -0.2) is 11.9 Å². The van der Waals surface area contributed by atoms with Crippen LogP contribution in [0.2, 0.25) is 0 Å². The third-order valence-electron chi connectivity index (χ3n) is 4.75. The Balaban J connectivity index is 2.36. The van der Waals surface area contributed by atoms with Gasteiger partial charge in [-0.05, 0) is 36.3 Å². The molecule has 0 aliphatic carbocycles. The predicted octanol–water partition coefficient (Wildman–Crippen LogP) is 3.83. The lowest BCUT2D eigenvalue weighted by atomic mass is 9.70. The van der Waals surface area contributed by atoms with Crippen molar-refractivity contribution >= 4 is 5.91 Å². The van der Waals surface area contributed by atoms with Crippen molar-refractivity contribution in [1.82, 2.24) is 5.32 Å². The maximum absolute atomic E-state index is 12.0. The zero-order chi connectivity index (χ0) is 14.8. The lowest BCUT2D eigenvalue weighted by molar-refractivity contribution is -0.119. The minimum Gasteiger partial charge on any atom is -0.352 e. The molecule has 2 heteroatoms. The van der Waals surface area contributed by atoms with Crippen molar-refractivity contribution in [3.63, 3.8) is 0 Å². The normalized spacial score (nSPS) is 26.1. The van der Waals surface area contributed by atoms with Gasteiger partial charge in [-0.15, -0.1) is 0 Å². The zero-order valence-corrected chi connectivity index (χ0v) is 13.2. The van der Waals surface area contributed by atoms with Gasteiger partial charge in [0.05, 0.1) is 0 Å². The van der Waals surface area contributed by atoms with E-state index in [1.54, 1.807) is 0 Å². The van der Waals surface area contributed by atoms with Gasteiger partial charge in [0, 0.05) is 17.9 Å². The molecule has 0 aromatic heterocycles. The number of hydrogen-bond acceptors (Lipinski definition) is 1. The molecule has 2 atom stereocenters. The van der Waals surface area contributed by atoms with Gasteiger partial charge in [0.25, 0.3) is 0 Å². The van der Waals surface area contributed by atoms with Gasteiger partial charge >= 0.3 is 0 Å². The second-order valence-corrected chi connectivity index (χ2v) is 6.49. The van der Waals surface area contributed by atoms with E-state index in [1.807, 2.05) is 0 Å². The highest BCUT2D eigenvalue weighted by Gasteiger charge is 2.46. The quantitative estimate of drug-likeness (QED) is 0.868. The summed E-state index contributed by atoms with van der Waals surface area (Å²) in [7, 11) is 0. The number of aryl methyl sites for hydroxylation is 1. The Morgan fingerprint density at radius 1 is 1.25 bits per heavy atom. The van der Waals surface area contributed by atoms with Crippen LogP contribution in [0.4, 0.5) is 0 Å². The fraction of sp³-hybridized carbons (Fsp3) is 0.611. The second kappa shape index (κ2) is 5.99. The van der Waals surface area contributed by atoms with Crippen LogP contribution in [0.25, 0.3) is 0 Å². The molecule has 2 unspecified atom stereocenters. The van der Waals surface area contributed by atoms with Crippen molar-refractivity contribution in [2.75, 3.05) is 0 Å². The largest absolute Gasteiger partial charge is 0.352 e. The number of carbonyl (C=O) groups is 1. The molecule has 1 amide bonds. The monoisotopic (exact) mass is 273 g/mol. The van der Waals surface area contributed by atoms with Gasteiger partial charge in [-0.1, -0.05) is 52.0 Å². The Bertz CT molecular complexity index is 463. The Morgan fingerprint density at radius 3 is 2.40 bits per heavy atom. The molecule has 1 saturated heterocycles. The number of rotatable bonds is 5. The minimum atomic E-state index is -0.0202. The number of hydrogen-bond donors (Lipinski definition) is 1. The van der Waals surface area contributed by atoms with E-state index in [9.17, 15) is 4.79 Å². The van der Waals surface area contributed by atoms with Crippen molar-refractivity contribution < 1.29 is 4.79 Å². The van der Waals surface area contributed by atoms with E-state index in [1.165, 1.54) is 11.1 Å². The van der Waals surface area contributed by atoms with Crippen LogP contribution in [0.15, 0.2) is 24.3 Å². The average Bonchev–Trinajstić information content (AvgIpc) is 2.75. The third-order valence-corrected chi connectivity index (χ3v) is 4.75. The molecular weight excluding hydrogens is 246 g/mol. The first-order valence-corrected chi connectivity index (χ1v) is 7.90. The van der Waals surface area contributed by atoms with E-state index in [0.29, 0.717) is 12.3 Å². The molecule has 0 radical (unpaired) electrons. The summed E-state index contributed by atoms with van der Waals surface area (Å²) >= 11 is 0. The van der Waals surface area contributed by atoms with Crippen LogP contribution >= 0.6 is 0 Å². The lowest BCUT2D eigenvalue weighted by Gasteiger charge is -2.35. The molecule has 2 rings (SSSR count). The van der Waals surface area contributed by atoms with E-state index in [0.717, 1.165) is 19.3 Å². The number of benzene rings is 1. The lowest BCUT2D eigenvalue weighted by Crippen LogP contribution is -2.41. The number of carbonyl (C=O) groups excluding carboxylic acids is 1. The van der Waals surface area contributed by atoms with Crippen molar-refractivity contribution in [2.24, 2.45) is 5.92 Å². The summed E-state index contributed by atoms with van der Waals surface area (Å²) in [6, 6.07) is 9.16. The van der Waals surface area contributed by atoms with E-state index >= 15 is 0 Å². The second-order valence-electron chi connectivity index (χ2n) is 6.49. The van der Waals surface area contributed by atoms with E-state index < -0.39 is 0 Å². The molecule has 20 heavy (non-hydrogen) atoms. The molecule has 1 fully saturated rings. The first-order valence-electron chi connectivity index (χ1n) is 7.90. The van der Waals surface area contributed by atoms with Crippen LogP contribution in [-0.2, 0) is 16.6 Å². The number of nitrogens with one attached hydrogen (secondary N) is 1. The van der Waals surface area contributed by atoms with Crippen LogP contribution in [0.1, 0.15) is 58.1 Å². The Kier molecular flexibility index (Phi) is 4.52. The molecule has 1 aromatic rings. The maximum atomic E-state index is 12.0. The van der Waals surface area contributed by atoms with Crippen LogP contribution in [0.5, 0.6) is 0 Å². The highest BCUT2D eigenvalue weighted by atomic mass is 16.2. The molecule has 1 aromatic carbocycles. The first-order chi connectivity index (χ1) is 9.51. The van der Waals surface area contributed by atoms with Gasteiger partial charge in [0.15, 0.2) is 0 Å². The van der Waals surface area contributed by atoms with Crippen molar-refractivity contribution in [2.45, 2.75) is 64.8 Å². The van der Waals surface area contributed by atoms with Crippen LogP contribution in [0.3, 0.4) is 0 Å². The third kappa shape index (κ3) is 2.74. The van der Waals surface area contributed by atoms with Gasteiger partial charge < -0.3 is 5.32 Å². The van der Waals surface area contributed by atoms with Gasteiger partial charge in [-0.2, -0.15) is 0 Å². The smallest absolute Gasteiger partial charge is 0.221 e. The van der Waals surface area contributed by atoms with Crippen LogP contribution < -0.4 is 5.32 Å². The molecule has 0 saturated carbocycles. The highest BCUT2D eigenvalue weighted by Crippen LogP contribution is 2.41. The molecule has 0 spiro atoms. The first kappa shape index (κ1) is 15.1. The summed E-state index contributed by atoms with van der Waals surface area (Å²) in [6.07, 6.45) is 3.75. The standard InChI is InChI=1S/C18H27NO/c1-5-14-7-9-15(10-8-14)18(6-2)12-17(20)19-16(18)11-13(3)4/h7-10,13,16H,5-6,11-12H2,1-4H3,(H,19,20). The SMILES string of the molecule is CCc1ccc(C2(CC)CC(=O)NC2CC(C)C)cc1. The molecule has 110 valence electrons. The Hall–Kier alpha value is -1.31. The van der Waals surface area contributed by atoms with Gasteiger partial charge in [0.1, 0.15) is 0 Å². The minimum absolute atomic E-state index is 0.0202. The van der Waals surface area contributed by atoms with E-state index in [-0.39, 0.29) is 17.4 Å². The molecule has 0 bridgehead atoms. The van der Waals surface area contributed by atoms with Crippen molar-refractivity contribution in [3.8, 4) is 0 Å². The maximum Gasteiger partial charge on any atom is 0.221 e. The van der Waals surface area contributed by atoms with E-state index in [4.69, 9.17) is 0 Å². The zero-order valence-electron chi connectivity index (χ0n) is 13.2. The van der Waals surface area contributed by atoms with E-state index in [2.05, 4.69) is 57.3 Å². The van der Waals surface area contributed by atoms with Crippen LogP contribution in [0, 0.1) is 5.92 Å². The summed E-state index contributed by atoms with van der Waals surface area (Å²) in [6.45, 7) is 8.84. The molecular formula is C18H27NO. The summed E-state index contributed by atoms with van der Waals surface area (Å²) in [5.74, 6) is 0.802. The average molecular weight is 273 g/mol. The Labute approximate surface area is 123 Å². The number of amides is 1. The fourth-order valence-corrected chi connectivity index (χ4v) is 3.50. The molecule has 2 nitrogen and oxygen atoms in total. The van der Waals surface area contributed by atoms with Gasteiger partial charge in [-0.25, -0.2) is 0 Å². The molecule has 1 heterocycles.